The van der Waals surface area contributed by atoms with Crippen molar-refractivity contribution in [1.82, 2.24) is 0 Å². The highest BCUT2D eigenvalue weighted by atomic mass is 16.3. The Morgan fingerprint density at radius 3 is 1.06 bits per heavy atom. The van der Waals surface area contributed by atoms with E-state index in [-0.39, 0.29) is 51.4 Å². The van der Waals surface area contributed by atoms with Crippen molar-refractivity contribution in [2.75, 3.05) is 0 Å². The second kappa shape index (κ2) is 19.6. The molecule has 9 N–H and O–H groups in total. The van der Waals surface area contributed by atoms with E-state index in [1.165, 1.54) is 6.08 Å². The zero-order valence-corrected chi connectivity index (χ0v) is 20.7. The van der Waals surface area contributed by atoms with E-state index in [1.54, 1.807) is 0 Å². The van der Waals surface area contributed by atoms with E-state index >= 15 is 0 Å². The topological polar surface area (TPSA) is 182 Å². The molecule has 0 aromatic rings. The second-order valence-corrected chi connectivity index (χ2v) is 9.79. The van der Waals surface area contributed by atoms with Crippen molar-refractivity contribution >= 4 is 0 Å². The quantitative estimate of drug-likeness (QED) is 0.0765. The molecule has 0 fully saturated rings. The monoisotopic (exact) mass is 494 g/mol. The first-order chi connectivity index (χ1) is 16.0. The maximum atomic E-state index is 10.1. The Bertz CT molecular complexity index is 493. The zero-order chi connectivity index (χ0) is 26.1. The molecule has 0 aromatic carbocycles. The predicted molar refractivity (Wildman–Crippen MR) is 130 cm³/mol. The Kier molecular flexibility index (Phi) is 19.2. The molecular formula is C25H50O9. The molecule has 9 atom stereocenters. The lowest BCUT2D eigenvalue weighted by atomic mass is 9.95. The summed E-state index contributed by atoms with van der Waals surface area (Å²) in [5.41, 5.74) is 0. The van der Waals surface area contributed by atoms with Crippen molar-refractivity contribution in [3.05, 3.63) is 12.7 Å². The van der Waals surface area contributed by atoms with E-state index in [2.05, 4.69) is 13.5 Å². The lowest BCUT2D eigenvalue weighted by molar-refractivity contribution is -0.0114. The van der Waals surface area contributed by atoms with Gasteiger partial charge in [0.15, 0.2) is 0 Å². The Hall–Kier alpha value is -0.620. The molecule has 0 saturated heterocycles. The van der Waals surface area contributed by atoms with Crippen LogP contribution in [0.15, 0.2) is 12.7 Å². The largest absolute Gasteiger partial charge is 0.393 e. The van der Waals surface area contributed by atoms with E-state index in [4.69, 9.17) is 0 Å². The van der Waals surface area contributed by atoms with Crippen LogP contribution in [0.3, 0.4) is 0 Å². The summed E-state index contributed by atoms with van der Waals surface area (Å²) >= 11 is 0. The van der Waals surface area contributed by atoms with Crippen LogP contribution in [-0.2, 0) is 0 Å². The maximum Gasteiger partial charge on any atom is 0.0599 e. The number of aliphatic hydroxyl groups excluding tert-OH is 9. The molecule has 0 aliphatic carbocycles. The van der Waals surface area contributed by atoms with Crippen molar-refractivity contribution in [1.29, 1.82) is 0 Å². The third-order valence-corrected chi connectivity index (χ3v) is 5.93. The van der Waals surface area contributed by atoms with Gasteiger partial charge in [0.1, 0.15) is 0 Å². The molecular weight excluding hydrogens is 444 g/mol. The molecule has 34 heavy (non-hydrogen) atoms. The molecule has 0 aliphatic heterocycles. The van der Waals surface area contributed by atoms with Gasteiger partial charge in [0.2, 0.25) is 0 Å². The average Bonchev–Trinajstić information content (AvgIpc) is 2.66. The molecule has 9 heteroatoms. The molecule has 0 spiro atoms. The Morgan fingerprint density at radius 2 is 0.765 bits per heavy atom. The van der Waals surface area contributed by atoms with Crippen LogP contribution < -0.4 is 0 Å². The number of unbranched alkanes of at least 4 members (excludes halogenated alkanes) is 2. The highest BCUT2D eigenvalue weighted by Crippen LogP contribution is 2.18. The van der Waals surface area contributed by atoms with E-state index in [0.717, 1.165) is 19.3 Å². The van der Waals surface area contributed by atoms with Gasteiger partial charge in [-0.15, -0.1) is 6.58 Å². The summed E-state index contributed by atoms with van der Waals surface area (Å²) < 4.78 is 0. The molecule has 9 unspecified atom stereocenters. The van der Waals surface area contributed by atoms with Crippen LogP contribution >= 0.6 is 0 Å². The highest BCUT2D eigenvalue weighted by molar-refractivity contribution is 4.78. The second-order valence-electron chi connectivity index (χ2n) is 9.79. The van der Waals surface area contributed by atoms with Crippen LogP contribution in [0.25, 0.3) is 0 Å². The summed E-state index contributed by atoms with van der Waals surface area (Å²) in [5.74, 6) is 0. The SMILES string of the molecule is C=CCC(O)CC(O)CC(O)CC(O)CC(O)CC(O)CC(O)CC(O)CC(O)CCCCC. The number of hydrogen-bond acceptors (Lipinski definition) is 9. The average molecular weight is 495 g/mol. The number of aliphatic hydroxyl groups is 9. The first kappa shape index (κ1) is 33.4. The summed E-state index contributed by atoms with van der Waals surface area (Å²) in [6.07, 6.45) is -3.03. The fourth-order valence-electron chi connectivity index (χ4n) is 4.22. The Morgan fingerprint density at radius 1 is 0.471 bits per heavy atom. The Labute approximate surface area is 204 Å². The standard InChI is InChI=1S/C25H50O9/c1-3-5-6-8-18(27)10-20(29)12-22(31)14-24(33)16-25(34)15-23(32)13-21(30)11-19(28)9-17(26)7-4-2/h4,17-34H,2-3,5-16H2,1H3. The van der Waals surface area contributed by atoms with E-state index in [9.17, 15) is 46.0 Å². The van der Waals surface area contributed by atoms with Crippen LogP contribution in [-0.4, -0.2) is 101 Å². The van der Waals surface area contributed by atoms with Crippen LogP contribution in [0.4, 0.5) is 0 Å². The molecule has 0 saturated carbocycles. The van der Waals surface area contributed by atoms with Gasteiger partial charge >= 0.3 is 0 Å². The number of rotatable bonds is 22. The summed E-state index contributed by atoms with van der Waals surface area (Å²) in [6, 6.07) is 0. The van der Waals surface area contributed by atoms with Crippen molar-refractivity contribution in [2.24, 2.45) is 0 Å². The Balaban J connectivity index is 4.16. The number of hydrogen-bond donors (Lipinski definition) is 9. The van der Waals surface area contributed by atoms with Gasteiger partial charge in [-0.25, -0.2) is 0 Å². The zero-order valence-electron chi connectivity index (χ0n) is 20.7. The predicted octanol–water partition coefficient (Wildman–Crippen LogP) is 0.512. The first-order valence-corrected chi connectivity index (χ1v) is 12.7. The lowest BCUT2D eigenvalue weighted by Gasteiger charge is -2.23. The minimum Gasteiger partial charge on any atom is -0.393 e. The molecule has 0 heterocycles. The van der Waals surface area contributed by atoms with Crippen molar-refractivity contribution in [2.45, 2.75) is 145 Å². The van der Waals surface area contributed by atoms with E-state index < -0.39 is 54.9 Å². The fourth-order valence-corrected chi connectivity index (χ4v) is 4.22. The smallest absolute Gasteiger partial charge is 0.0599 e. The maximum absolute atomic E-state index is 10.1. The minimum absolute atomic E-state index is 0.0105. The van der Waals surface area contributed by atoms with Crippen LogP contribution in [0, 0.1) is 0 Å². The molecule has 204 valence electrons. The van der Waals surface area contributed by atoms with Crippen LogP contribution in [0.2, 0.25) is 0 Å². The summed E-state index contributed by atoms with van der Waals surface area (Å²) in [5, 5.41) is 90.0. The third-order valence-electron chi connectivity index (χ3n) is 5.93. The van der Waals surface area contributed by atoms with Gasteiger partial charge in [-0.3, -0.25) is 0 Å². The highest BCUT2D eigenvalue weighted by Gasteiger charge is 2.23. The first-order valence-electron chi connectivity index (χ1n) is 12.7. The van der Waals surface area contributed by atoms with Gasteiger partial charge in [0, 0.05) is 0 Å². The van der Waals surface area contributed by atoms with Crippen LogP contribution in [0.1, 0.15) is 90.4 Å². The summed E-state index contributed by atoms with van der Waals surface area (Å²) in [4.78, 5) is 0. The summed E-state index contributed by atoms with van der Waals surface area (Å²) in [6.45, 7) is 5.57. The van der Waals surface area contributed by atoms with Gasteiger partial charge in [-0.05, 0) is 64.2 Å². The lowest BCUT2D eigenvalue weighted by Crippen LogP contribution is -2.30. The van der Waals surface area contributed by atoms with Crippen molar-refractivity contribution in [3.63, 3.8) is 0 Å². The molecule has 0 rings (SSSR count). The molecule has 0 bridgehead atoms. The molecule has 0 radical (unpaired) electrons. The minimum atomic E-state index is -1.06. The molecule has 0 amide bonds. The normalized spacial score (nSPS) is 20.1. The van der Waals surface area contributed by atoms with Crippen molar-refractivity contribution in [3.8, 4) is 0 Å². The third kappa shape index (κ3) is 18.7. The molecule has 0 aliphatic rings. The van der Waals surface area contributed by atoms with Crippen LogP contribution in [0.5, 0.6) is 0 Å². The van der Waals surface area contributed by atoms with Gasteiger partial charge in [-0.1, -0.05) is 32.3 Å². The molecule has 0 aromatic heterocycles. The van der Waals surface area contributed by atoms with Crippen molar-refractivity contribution < 1.29 is 46.0 Å². The molecule has 9 nitrogen and oxygen atoms in total. The van der Waals surface area contributed by atoms with Gasteiger partial charge in [0.05, 0.1) is 54.9 Å². The van der Waals surface area contributed by atoms with E-state index in [1.807, 2.05) is 0 Å². The van der Waals surface area contributed by atoms with Gasteiger partial charge in [-0.2, -0.15) is 0 Å². The van der Waals surface area contributed by atoms with E-state index in [0.29, 0.717) is 12.8 Å². The fraction of sp³-hybridized carbons (Fsp3) is 0.920. The van der Waals surface area contributed by atoms with Gasteiger partial charge in [0.25, 0.3) is 0 Å². The summed E-state index contributed by atoms with van der Waals surface area (Å²) in [7, 11) is 0. The van der Waals surface area contributed by atoms with Gasteiger partial charge < -0.3 is 46.0 Å².